The number of hydrogen-bond donors (Lipinski definition) is 2. The number of nitrogens with zero attached hydrogens (tertiary/aromatic N) is 1. The van der Waals surface area contributed by atoms with Crippen LogP contribution in [0.1, 0.15) is 17.0 Å². The molecule has 0 bridgehead atoms. The minimum absolute atomic E-state index is 0.129. The zero-order chi connectivity index (χ0) is 11.5. The number of rotatable bonds is 4. The molecule has 0 unspecified atom stereocenters. The summed E-state index contributed by atoms with van der Waals surface area (Å²) in [7, 11) is 0. The molecule has 16 heavy (non-hydrogen) atoms. The van der Waals surface area contributed by atoms with Crippen molar-refractivity contribution in [3.05, 3.63) is 40.6 Å². The van der Waals surface area contributed by atoms with Gasteiger partial charge < -0.3 is 9.52 Å². The van der Waals surface area contributed by atoms with Gasteiger partial charge in [0.25, 0.3) is 0 Å². The lowest BCUT2D eigenvalue weighted by atomic mass is 10.1. The molecule has 0 spiro atoms. The van der Waals surface area contributed by atoms with Crippen molar-refractivity contribution in [1.29, 1.82) is 0 Å². The van der Waals surface area contributed by atoms with Gasteiger partial charge in [-0.15, -0.1) is 0 Å². The zero-order valence-electron chi connectivity index (χ0n) is 8.24. The van der Waals surface area contributed by atoms with E-state index in [1.54, 1.807) is 18.4 Å². The van der Waals surface area contributed by atoms with Crippen LogP contribution in [-0.4, -0.2) is 21.3 Å². The van der Waals surface area contributed by atoms with Crippen molar-refractivity contribution in [3.8, 4) is 0 Å². The molecule has 2 aromatic heterocycles. The van der Waals surface area contributed by atoms with Crippen LogP contribution in [-0.2, 0) is 17.6 Å². The summed E-state index contributed by atoms with van der Waals surface area (Å²) in [6.07, 6.45) is 1.86. The van der Waals surface area contributed by atoms with Gasteiger partial charge >= 0.3 is 5.97 Å². The number of furan rings is 1. The average Bonchev–Trinajstić information content (AvgIpc) is 2.82. The molecule has 0 amide bonds. The maximum atomic E-state index is 10.6. The van der Waals surface area contributed by atoms with Crippen LogP contribution in [0, 0.1) is 0 Å². The fourth-order valence-corrected chi connectivity index (χ4v) is 1.66. The maximum Gasteiger partial charge on any atom is 0.309 e. The molecule has 5 nitrogen and oxygen atoms in total. The Balaban J connectivity index is 2.25. The van der Waals surface area contributed by atoms with Crippen LogP contribution in [0.5, 0.6) is 0 Å². The molecule has 0 aromatic carbocycles. The highest BCUT2D eigenvalue weighted by atomic mass is 35.5. The van der Waals surface area contributed by atoms with E-state index in [2.05, 4.69) is 10.2 Å². The number of carboxylic acids is 1. The van der Waals surface area contributed by atoms with Crippen LogP contribution in [0.3, 0.4) is 0 Å². The molecule has 0 aliphatic carbocycles. The lowest BCUT2D eigenvalue weighted by Crippen LogP contribution is -2.03. The maximum absolute atomic E-state index is 10.6. The Kier molecular flexibility index (Phi) is 2.96. The molecule has 0 saturated carbocycles. The third-order valence-electron chi connectivity index (χ3n) is 2.16. The quantitative estimate of drug-likeness (QED) is 0.855. The van der Waals surface area contributed by atoms with Gasteiger partial charge in [-0.2, -0.15) is 5.10 Å². The summed E-state index contributed by atoms with van der Waals surface area (Å²) in [5.74, 6) is -0.212. The summed E-state index contributed by atoms with van der Waals surface area (Å²) >= 11 is 5.87. The predicted octanol–water partition coefficient (Wildman–Crippen LogP) is 1.87. The highest BCUT2D eigenvalue weighted by Gasteiger charge is 2.15. The van der Waals surface area contributed by atoms with Crippen molar-refractivity contribution in [2.75, 3.05) is 0 Å². The third kappa shape index (κ3) is 2.25. The summed E-state index contributed by atoms with van der Waals surface area (Å²) < 4.78 is 5.17. The molecule has 0 atom stereocenters. The fraction of sp³-hybridized carbons (Fsp3) is 0.200. The normalized spacial score (nSPS) is 10.6. The first-order chi connectivity index (χ1) is 7.66. The molecule has 84 valence electrons. The van der Waals surface area contributed by atoms with Crippen molar-refractivity contribution in [2.24, 2.45) is 0 Å². The molecular formula is C10H9ClN2O3. The first-order valence-electron chi connectivity index (χ1n) is 4.62. The van der Waals surface area contributed by atoms with Gasteiger partial charge in [-0.1, -0.05) is 11.6 Å². The Morgan fingerprint density at radius 1 is 1.62 bits per heavy atom. The molecule has 2 aromatic rings. The van der Waals surface area contributed by atoms with Gasteiger partial charge in [0.2, 0.25) is 0 Å². The van der Waals surface area contributed by atoms with E-state index in [0.29, 0.717) is 17.7 Å². The first-order valence-corrected chi connectivity index (χ1v) is 5.00. The highest BCUT2D eigenvalue weighted by molar-refractivity contribution is 6.30. The number of hydrogen-bond acceptors (Lipinski definition) is 3. The molecule has 6 heteroatoms. The van der Waals surface area contributed by atoms with Crippen molar-refractivity contribution in [2.45, 2.75) is 12.8 Å². The van der Waals surface area contributed by atoms with Crippen molar-refractivity contribution in [3.63, 3.8) is 0 Å². The standard InChI is InChI=1S/C10H9ClN2O3/c11-10-7(4-6-2-1-3-16-6)8(12-13-10)5-9(14)15/h1-3H,4-5H2,(H,12,13)(H,14,15). The Hall–Kier alpha value is -1.75. The number of aliphatic carboxylic acids is 1. The van der Waals surface area contributed by atoms with Crippen LogP contribution >= 0.6 is 11.6 Å². The Bertz CT molecular complexity index is 490. The summed E-state index contributed by atoms with van der Waals surface area (Å²) in [4.78, 5) is 10.6. The van der Waals surface area contributed by atoms with E-state index in [-0.39, 0.29) is 11.6 Å². The highest BCUT2D eigenvalue weighted by Crippen LogP contribution is 2.21. The molecule has 0 aliphatic heterocycles. The van der Waals surface area contributed by atoms with E-state index in [9.17, 15) is 4.79 Å². The third-order valence-corrected chi connectivity index (χ3v) is 2.47. The van der Waals surface area contributed by atoms with Gasteiger partial charge in [-0.05, 0) is 12.1 Å². The van der Waals surface area contributed by atoms with Crippen LogP contribution in [0.4, 0.5) is 0 Å². The smallest absolute Gasteiger partial charge is 0.309 e. The number of halogens is 1. The second-order valence-corrected chi connectivity index (χ2v) is 3.66. The first kappa shape index (κ1) is 10.8. The minimum Gasteiger partial charge on any atom is -0.481 e. The SMILES string of the molecule is O=C(O)Cc1[nH]nc(Cl)c1Cc1ccco1. The van der Waals surface area contributed by atoms with Crippen LogP contribution in [0.25, 0.3) is 0 Å². The van der Waals surface area contributed by atoms with E-state index in [0.717, 1.165) is 5.76 Å². The molecular weight excluding hydrogens is 232 g/mol. The molecule has 2 N–H and O–H groups in total. The van der Waals surface area contributed by atoms with Gasteiger partial charge in [-0.25, -0.2) is 0 Å². The van der Waals surface area contributed by atoms with Gasteiger partial charge in [0.05, 0.1) is 18.4 Å². The largest absolute Gasteiger partial charge is 0.481 e. The zero-order valence-corrected chi connectivity index (χ0v) is 8.99. The lowest BCUT2D eigenvalue weighted by Gasteiger charge is -1.99. The summed E-state index contributed by atoms with van der Waals surface area (Å²) in [5.41, 5.74) is 1.17. The molecule has 0 aliphatic rings. The Morgan fingerprint density at radius 2 is 2.44 bits per heavy atom. The Labute approximate surface area is 96.0 Å². The van der Waals surface area contributed by atoms with Crippen molar-refractivity contribution in [1.82, 2.24) is 10.2 Å². The summed E-state index contributed by atoms with van der Waals surface area (Å²) in [5, 5.41) is 15.4. The second-order valence-electron chi connectivity index (χ2n) is 3.30. The Morgan fingerprint density at radius 3 is 3.06 bits per heavy atom. The van der Waals surface area contributed by atoms with Crippen molar-refractivity contribution < 1.29 is 14.3 Å². The predicted molar refractivity (Wildman–Crippen MR) is 56.5 cm³/mol. The topological polar surface area (TPSA) is 79.1 Å². The number of nitrogens with one attached hydrogen (secondary N) is 1. The van der Waals surface area contributed by atoms with E-state index in [1.165, 1.54) is 0 Å². The van der Waals surface area contributed by atoms with Crippen molar-refractivity contribution >= 4 is 17.6 Å². The lowest BCUT2D eigenvalue weighted by molar-refractivity contribution is -0.136. The number of aromatic nitrogens is 2. The number of H-pyrrole nitrogens is 1. The molecule has 2 heterocycles. The van der Waals surface area contributed by atoms with E-state index in [4.69, 9.17) is 21.1 Å². The van der Waals surface area contributed by atoms with Crippen LogP contribution in [0.2, 0.25) is 5.15 Å². The van der Waals surface area contributed by atoms with Gasteiger partial charge in [0.15, 0.2) is 5.15 Å². The van der Waals surface area contributed by atoms with E-state index in [1.807, 2.05) is 0 Å². The van der Waals surface area contributed by atoms with Gasteiger partial charge in [0.1, 0.15) is 5.76 Å². The van der Waals surface area contributed by atoms with E-state index >= 15 is 0 Å². The minimum atomic E-state index is -0.930. The fourth-order valence-electron chi connectivity index (χ4n) is 1.44. The summed E-state index contributed by atoms with van der Waals surface area (Å²) in [6, 6.07) is 3.56. The van der Waals surface area contributed by atoms with Gasteiger partial charge in [0, 0.05) is 12.0 Å². The van der Waals surface area contributed by atoms with Crippen LogP contribution < -0.4 is 0 Å². The number of carbonyl (C=O) groups is 1. The summed E-state index contributed by atoms with van der Waals surface area (Å²) in [6.45, 7) is 0. The average molecular weight is 241 g/mol. The second kappa shape index (κ2) is 4.40. The number of carboxylic acid groups (broad SMARTS) is 1. The molecule has 2 rings (SSSR count). The van der Waals surface area contributed by atoms with Crippen LogP contribution in [0.15, 0.2) is 22.8 Å². The molecule has 0 saturated heterocycles. The molecule has 0 radical (unpaired) electrons. The molecule has 0 fully saturated rings. The van der Waals surface area contributed by atoms with E-state index < -0.39 is 5.97 Å². The number of aromatic amines is 1. The van der Waals surface area contributed by atoms with Gasteiger partial charge in [-0.3, -0.25) is 9.89 Å². The monoisotopic (exact) mass is 240 g/mol.